The van der Waals surface area contributed by atoms with Crippen LogP contribution in [0, 0.1) is 5.41 Å². The standard InChI is InChI=1S/C19H24ClN3O/c1-19(2)8-18-15(9-22-23(18)11-19)14-7-17(21-10-16(14)20)12-3-5-13(24)6-4-12/h7,9-10,12-13,24H,3-6,8,11H2,1-2H3. The average molecular weight is 346 g/mol. The summed E-state index contributed by atoms with van der Waals surface area (Å²) < 4.78 is 2.11. The van der Waals surface area contributed by atoms with Crippen molar-refractivity contribution in [3.63, 3.8) is 0 Å². The van der Waals surface area contributed by atoms with Gasteiger partial charge in [-0.1, -0.05) is 25.4 Å². The largest absolute Gasteiger partial charge is 0.393 e. The first-order valence-electron chi connectivity index (χ1n) is 8.81. The molecule has 0 amide bonds. The summed E-state index contributed by atoms with van der Waals surface area (Å²) in [7, 11) is 0. The zero-order chi connectivity index (χ0) is 16.9. The van der Waals surface area contributed by atoms with Gasteiger partial charge in [0.25, 0.3) is 0 Å². The summed E-state index contributed by atoms with van der Waals surface area (Å²) in [5.41, 5.74) is 4.81. The van der Waals surface area contributed by atoms with Crippen LogP contribution in [0.3, 0.4) is 0 Å². The number of aliphatic hydroxyl groups is 1. The minimum absolute atomic E-state index is 0.144. The highest BCUT2D eigenvalue weighted by Crippen LogP contribution is 2.40. The third-order valence-electron chi connectivity index (χ3n) is 5.45. The van der Waals surface area contributed by atoms with Gasteiger partial charge in [-0.25, -0.2) is 0 Å². The molecule has 4 rings (SSSR count). The Hall–Kier alpha value is -1.39. The second-order valence-corrected chi connectivity index (χ2v) is 8.51. The second-order valence-electron chi connectivity index (χ2n) is 8.10. The summed E-state index contributed by atoms with van der Waals surface area (Å²) in [6, 6.07) is 2.15. The lowest BCUT2D eigenvalue weighted by Crippen LogP contribution is -2.17. The van der Waals surface area contributed by atoms with Crippen LogP contribution in [0.5, 0.6) is 0 Å². The van der Waals surface area contributed by atoms with Crippen LogP contribution in [-0.2, 0) is 13.0 Å². The minimum Gasteiger partial charge on any atom is -0.393 e. The van der Waals surface area contributed by atoms with E-state index in [-0.39, 0.29) is 11.5 Å². The summed E-state index contributed by atoms with van der Waals surface area (Å²) in [6.45, 7) is 5.51. The van der Waals surface area contributed by atoms with Crippen LogP contribution in [0.15, 0.2) is 18.5 Å². The van der Waals surface area contributed by atoms with E-state index in [0.29, 0.717) is 10.9 Å². The topological polar surface area (TPSA) is 50.9 Å². The van der Waals surface area contributed by atoms with E-state index in [1.165, 1.54) is 5.69 Å². The molecular weight excluding hydrogens is 322 g/mol. The maximum atomic E-state index is 9.73. The maximum Gasteiger partial charge on any atom is 0.0669 e. The molecule has 1 fully saturated rings. The predicted molar refractivity (Wildman–Crippen MR) is 95.2 cm³/mol. The van der Waals surface area contributed by atoms with Gasteiger partial charge in [0.15, 0.2) is 0 Å². The predicted octanol–water partition coefficient (Wildman–Crippen LogP) is 4.20. The number of aliphatic hydroxyl groups excluding tert-OH is 1. The number of aromatic nitrogens is 3. The monoisotopic (exact) mass is 345 g/mol. The molecule has 0 bridgehead atoms. The molecule has 0 unspecified atom stereocenters. The Morgan fingerprint density at radius 2 is 1.92 bits per heavy atom. The van der Waals surface area contributed by atoms with E-state index in [4.69, 9.17) is 11.6 Å². The fraction of sp³-hybridized carbons (Fsp3) is 0.579. The van der Waals surface area contributed by atoms with Crippen LogP contribution in [0.1, 0.15) is 56.8 Å². The number of hydrogen-bond acceptors (Lipinski definition) is 3. The fourth-order valence-electron chi connectivity index (χ4n) is 4.13. The number of nitrogens with zero attached hydrogens (tertiary/aromatic N) is 3. The molecule has 1 aliphatic heterocycles. The number of hydrogen-bond donors (Lipinski definition) is 1. The van der Waals surface area contributed by atoms with Crippen LogP contribution >= 0.6 is 11.6 Å². The van der Waals surface area contributed by atoms with Crippen LogP contribution in [0.4, 0.5) is 0 Å². The molecule has 1 saturated carbocycles. The summed E-state index contributed by atoms with van der Waals surface area (Å²) in [4.78, 5) is 4.58. The highest BCUT2D eigenvalue weighted by Gasteiger charge is 2.32. The van der Waals surface area contributed by atoms with Crippen LogP contribution in [0.2, 0.25) is 5.02 Å². The van der Waals surface area contributed by atoms with Gasteiger partial charge in [-0.05, 0) is 43.6 Å². The lowest BCUT2D eigenvalue weighted by Gasteiger charge is -2.25. The van der Waals surface area contributed by atoms with Gasteiger partial charge in [0.05, 0.1) is 17.3 Å². The van der Waals surface area contributed by atoms with E-state index in [1.54, 1.807) is 6.20 Å². The molecule has 0 atom stereocenters. The van der Waals surface area contributed by atoms with Gasteiger partial charge in [-0.15, -0.1) is 0 Å². The van der Waals surface area contributed by atoms with Crippen molar-refractivity contribution in [1.29, 1.82) is 0 Å². The van der Waals surface area contributed by atoms with Crippen molar-refractivity contribution >= 4 is 11.6 Å². The van der Waals surface area contributed by atoms with Crippen LogP contribution in [-0.4, -0.2) is 26.0 Å². The molecule has 24 heavy (non-hydrogen) atoms. The number of halogens is 1. The number of pyridine rings is 1. The Morgan fingerprint density at radius 3 is 2.67 bits per heavy atom. The van der Waals surface area contributed by atoms with Crippen LogP contribution in [0.25, 0.3) is 11.1 Å². The smallest absolute Gasteiger partial charge is 0.0669 e. The molecule has 5 heteroatoms. The minimum atomic E-state index is -0.144. The molecule has 4 nitrogen and oxygen atoms in total. The molecule has 3 heterocycles. The van der Waals surface area contributed by atoms with Gasteiger partial charge in [0.1, 0.15) is 0 Å². The molecule has 0 aromatic carbocycles. The number of rotatable bonds is 2. The molecule has 0 radical (unpaired) electrons. The Balaban J connectivity index is 1.69. The van der Waals surface area contributed by atoms with Crippen molar-refractivity contribution in [3.05, 3.63) is 34.9 Å². The third-order valence-corrected chi connectivity index (χ3v) is 5.76. The van der Waals surface area contributed by atoms with E-state index in [9.17, 15) is 5.11 Å². The Kier molecular flexibility index (Phi) is 3.92. The summed E-state index contributed by atoms with van der Waals surface area (Å²) in [5, 5.41) is 15.0. The fourth-order valence-corrected chi connectivity index (χ4v) is 4.33. The zero-order valence-corrected chi connectivity index (χ0v) is 15.1. The van der Waals surface area contributed by atoms with Crippen molar-refractivity contribution in [2.24, 2.45) is 5.41 Å². The SMILES string of the molecule is CC1(C)Cc2c(-c3cc(C4CCC(O)CC4)ncc3Cl)cnn2C1. The van der Waals surface area contributed by atoms with Gasteiger partial charge in [0.2, 0.25) is 0 Å². The molecular formula is C19H24ClN3O. The molecule has 2 aromatic rings. The molecule has 1 aliphatic carbocycles. The van der Waals surface area contributed by atoms with Crippen molar-refractivity contribution in [2.45, 2.75) is 64.5 Å². The molecule has 2 aromatic heterocycles. The van der Waals surface area contributed by atoms with E-state index < -0.39 is 0 Å². The lowest BCUT2D eigenvalue weighted by molar-refractivity contribution is 0.122. The first-order valence-corrected chi connectivity index (χ1v) is 9.19. The normalized spacial score (nSPS) is 25.7. The van der Waals surface area contributed by atoms with E-state index in [1.807, 2.05) is 6.20 Å². The second kappa shape index (κ2) is 5.85. The first-order chi connectivity index (χ1) is 11.4. The Labute approximate surface area is 147 Å². The zero-order valence-electron chi connectivity index (χ0n) is 14.3. The molecule has 1 N–H and O–H groups in total. The number of fused-ring (bicyclic) bond motifs is 1. The molecule has 0 saturated heterocycles. The summed E-state index contributed by atoms with van der Waals surface area (Å²) >= 11 is 6.48. The highest BCUT2D eigenvalue weighted by molar-refractivity contribution is 6.33. The van der Waals surface area contributed by atoms with Crippen molar-refractivity contribution < 1.29 is 5.11 Å². The average Bonchev–Trinajstić information content (AvgIpc) is 3.04. The maximum absolute atomic E-state index is 9.73. The van der Waals surface area contributed by atoms with E-state index in [0.717, 1.165) is 55.5 Å². The summed E-state index contributed by atoms with van der Waals surface area (Å²) in [6.07, 6.45) is 8.31. The Bertz CT molecular complexity index is 760. The molecule has 128 valence electrons. The quantitative estimate of drug-likeness (QED) is 0.887. The van der Waals surface area contributed by atoms with E-state index in [2.05, 4.69) is 34.7 Å². The molecule has 2 aliphatic rings. The third kappa shape index (κ3) is 2.86. The highest BCUT2D eigenvalue weighted by atomic mass is 35.5. The van der Waals surface area contributed by atoms with E-state index >= 15 is 0 Å². The van der Waals surface area contributed by atoms with Gasteiger partial charge in [0, 0.05) is 41.2 Å². The van der Waals surface area contributed by atoms with Gasteiger partial charge < -0.3 is 5.11 Å². The molecule has 0 spiro atoms. The van der Waals surface area contributed by atoms with Crippen molar-refractivity contribution in [3.8, 4) is 11.1 Å². The lowest BCUT2D eigenvalue weighted by atomic mass is 9.84. The van der Waals surface area contributed by atoms with Gasteiger partial charge in [-0.2, -0.15) is 5.10 Å². The van der Waals surface area contributed by atoms with Gasteiger partial charge in [-0.3, -0.25) is 9.67 Å². The van der Waals surface area contributed by atoms with Crippen molar-refractivity contribution in [1.82, 2.24) is 14.8 Å². The van der Waals surface area contributed by atoms with Crippen molar-refractivity contribution in [2.75, 3.05) is 0 Å². The van der Waals surface area contributed by atoms with Gasteiger partial charge >= 0.3 is 0 Å². The Morgan fingerprint density at radius 1 is 1.17 bits per heavy atom. The summed E-state index contributed by atoms with van der Waals surface area (Å²) in [5.74, 6) is 0.421. The van der Waals surface area contributed by atoms with Crippen LogP contribution < -0.4 is 0 Å². The first kappa shape index (κ1) is 16.1.